The van der Waals surface area contributed by atoms with Crippen LogP contribution in [0.25, 0.3) is 0 Å². The second kappa shape index (κ2) is 3.54. The zero-order chi connectivity index (χ0) is 8.97. The quantitative estimate of drug-likeness (QED) is 0.373. The summed E-state index contributed by atoms with van der Waals surface area (Å²) in [6.07, 6.45) is 4.98. The number of nitro groups is 1. The summed E-state index contributed by atoms with van der Waals surface area (Å²) in [4.78, 5) is 9.80. The maximum absolute atomic E-state index is 10.4. The van der Waals surface area contributed by atoms with E-state index in [1.165, 1.54) is 0 Å². The highest BCUT2D eigenvalue weighted by Gasteiger charge is 2.21. The van der Waals surface area contributed by atoms with Gasteiger partial charge in [-0.2, -0.15) is 0 Å². The molecule has 0 aliphatic heterocycles. The molecule has 1 rings (SSSR count). The minimum atomic E-state index is -0.560. The van der Waals surface area contributed by atoms with Crippen molar-refractivity contribution >= 4 is 0 Å². The molecule has 0 bridgehead atoms. The molecule has 0 aliphatic rings. The van der Waals surface area contributed by atoms with Gasteiger partial charge in [-0.3, -0.25) is 10.1 Å². The lowest BCUT2D eigenvalue weighted by Crippen LogP contribution is -2.08. The molecule has 3 nitrogen and oxygen atoms in total. The van der Waals surface area contributed by atoms with Gasteiger partial charge in [0, 0.05) is 0 Å². The number of terminal acetylenes is 1. The van der Waals surface area contributed by atoms with Crippen molar-refractivity contribution in [1.82, 2.24) is 0 Å². The average Bonchev–Trinajstić information content (AvgIpc) is 2.07. The number of rotatable bonds is 2. The minimum Gasteiger partial charge on any atom is -0.262 e. The summed E-state index contributed by atoms with van der Waals surface area (Å²) in [5.74, 6) is 2.04. The molecule has 0 fully saturated rings. The molecule has 12 heavy (non-hydrogen) atoms. The molecule has 1 aromatic carbocycles. The predicted octanol–water partition coefficient (Wildman–Crippen LogP) is 1.48. The van der Waals surface area contributed by atoms with Gasteiger partial charge in [-0.25, -0.2) is 0 Å². The molecule has 0 atom stereocenters. The maximum Gasteiger partial charge on any atom is 0.390 e. The van der Waals surface area contributed by atoms with E-state index in [-0.39, 0.29) is 6.04 Å². The summed E-state index contributed by atoms with van der Waals surface area (Å²) in [5.41, 5.74) is 0.463. The van der Waals surface area contributed by atoms with Crippen LogP contribution >= 0.6 is 0 Å². The SMILES string of the molecule is C#C[C](c1ccccc1)[N+](=O)[O-]. The van der Waals surface area contributed by atoms with Crippen LogP contribution in [0.1, 0.15) is 5.56 Å². The van der Waals surface area contributed by atoms with Crippen molar-refractivity contribution in [1.29, 1.82) is 0 Å². The van der Waals surface area contributed by atoms with Crippen LogP contribution in [-0.2, 0) is 0 Å². The minimum absolute atomic E-state index is 0.199. The van der Waals surface area contributed by atoms with Gasteiger partial charge in [0.05, 0.1) is 10.5 Å². The zero-order valence-corrected chi connectivity index (χ0v) is 6.23. The number of hydrogen-bond acceptors (Lipinski definition) is 2. The monoisotopic (exact) mass is 160 g/mol. The first-order valence-electron chi connectivity index (χ1n) is 3.29. The van der Waals surface area contributed by atoms with E-state index >= 15 is 0 Å². The van der Waals surface area contributed by atoms with Crippen LogP contribution in [0.5, 0.6) is 0 Å². The number of benzene rings is 1. The Morgan fingerprint density at radius 1 is 1.42 bits per heavy atom. The molecule has 3 heteroatoms. The van der Waals surface area contributed by atoms with E-state index in [1.54, 1.807) is 30.3 Å². The van der Waals surface area contributed by atoms with E-state index < -0.39 is 4.92 Å². The molecule has 59 valence electrons. The topological polar surface area (TPSA) is 43.1 Å². The average molecular weight is 160 g/mol. The molecule has 1 aromatic rings. The van der Waals surface area contributed by atoms with Gasteiger partial charge in [-0.1, -0.05) is 30.3 Å². The molecule has 0 spiro atoms. The molecule has 0 aromatic heterocycles. The summed E-state index contributed by atoms with van der Waals surface area (Å²) in [6.45, 7) is 0. The van der Waals surface area contributed by atoms with E-state index in [1.807, 2.05) is 5.92 Å². The normalized spacial score (nSPS) is 9.33. The van der Waals surface area contributed by atoms with Crippen molar-refractivity contribution in [2.45, 2.75) is 0 Å². The molecular weight excluding hydrogens is 154 g/mol. The highest BCUT2D eigenvalue weighted by molar-refractivity contribution is 5.35. The van der Waals surface area contributed by atoms with Crippen LogP contribution in [0.3, 0.4) is 0 Å². The Bertz CT molecular complexity index is 313. The standard InChI is InChI=1S/C9H6NO2/c1-2-9(10(11)12)8-6-4-3-5-7-8/h1,3-7H. The van der Waals surface area contributed by atoms with E-state index in [0.717, 1.165) is 0 Å². The third kappa shape index (κ3) is 1.61. The fourth-order valence-electron chi connectivity index (χ4n) is 0.837. The van der Waals surface area contributed by atoms with Crippen LogP contribution in [0.15, 0.2) is 30.3 Å². The van der Waals surface area contributed by atoms with Crippen LogP contribution in [0.4, 0.5) is 0 Å². The summed E-state index contributed by atoms with van der Waals surface area (Å²) in [7, 11) is 0. The van der Waals surface area contributed by atoms with Crippen LogP contribution in [0, 0.1) is 28.5 Å². The van der Waals surface area contributed by atoms with Crippen molar-refractivity contribution in [2.75, 3.05) is 0 Å². The van der Waals surface area contributed by atoms with E-state index in [2.05, 4.69) is 0 Å². The Hall–Kier alpha value is -1.82. The Morgan fingerprint density at radius 3 is 2.42 bits per heavy atom. The van der Waals surface area contributed by atoms with Gasteiger partial charge in [-0.05, 0) is 5.92 Å². The zero-order valence-electron chi connectivity index (χ0n) is 6.23. The predicted molar refractivity (Wildman–Crippen MR) is 44.6 cm³/mol. The molecule has 1 radical (unpaired) electrons. The van der Waals surface area contributed by atoms with E-state index in [9.17, 15) is 10.1 Å². The van der Waals surface area contributed by atoms with Crippen molar-refractivity contribution in [2.24, 2.45) is 0 Å². The molecular formula is C9H6NO2. The van der Waals surface area contributed by atoms with E-state index in [4.69, 9.17) is 6.42 Å². The molecule has 0 saturated carbocycles. The second-order valence-corrected chi connectivity index (χ2v) is 2.12. The number of nitrogens with zero attached hydrogens (tertiary/aromatic N) is 1. The Labute approximate surface area is 70.2 Å². The third-order valence-electron chi connectivity index (χ3n) is 1.37. The van der Waals surface area contributed by atoms with Crippen LogP contribution in [-0.4, -0.2) is 4.92 Å². The molecule has 0 saturated heterocycles. The fraction of sp³-hybridized carbons (Fsp3) is 0. The third-order valence-corrected chi connectivity index (χ3v) is 1.37. The largest absolute Gasteiger partial charge is 0.390 e. The second-order valence-electron chi connectivity index (χ2n) is 2.12. The van der Waals surface area contributed by atoms with Gasteiger partial charge in [0.15, 0.2) is 0 Å². The summed E-state index contributed by atoms with van der Waals surface area (Å²) in [6, 6.07) is 8.20. The van der Waals surface area contributed by atoms with Gasteiger partial charge in [-0.15, -0.1) is 6.42 Å². The first-order valence-corrected chi connectivity index (χ1v) is 3.29. The Kier molecular flexibility index (Phi) is 2.44. The highest BCUT2D eigenvalue weighted by atomic mass is 16.6. The van der Waals surface area contributed by atoms with Gasteiger partial charge < -0.3 is 0 Å². The lowest BCUT2D eigenvalue weighted by atomic mass is 10.1. The molecule has 0 amide bonds. The van der Waals surface area contributed by atoms with Crippen molar-refractivity contribution in [3.63, 3.8) is 0 Å². The first-order chi connectivity index (χ1) is 5.75. The highest BCUT2D eigenvalue weighted by Crippen LogP contribution is 2.12. The van der Waals surface area contributed by atoms with Gasteiger partial charge in [0.25, 0.3) is 0 Å². The van der Waals surface area contributed by atoms with Crippen molar-refractivity contribution in [3.05, 3.63) is 52.1 Å². The number of hydrogen-bond donors (Lipinski definition) is 0. The van der Waals surface area contributed by atoms with Gasteiger partial charge in [0.2, 0.25) is 0 Å². The summed E-state index contributed by atoms with van der Waals surface area (Å²) in [5, 5.41) is 10.4. The lowest BCUT2D eigenvalue weighted by molar-refractivity contribution is -0.447. The molecule has 0 heterocycles. The lowest BCUT2D eigenvalue weighted by Gasteiger charge is -1.98. The summed E-state index contributed by atoms with van der Waals surface area (Å²) < 4.78 is 0. The van der Waals surface area contributed by atoms with Crippen LogP contribution < -0.4 is 0 Å². The molecule has 0 N–H and O–H groups in total. The van der Waals surface area contributed by atoms with Crippen molar-refractivity contribution in [3.8, 4) is 12.3 Å². The summed E-state index contributed by atoms with van der Waals surface area (Å²) >= 11 is 0. The molecule has 0 aliphatic carbocycles. The van der Waals surface area contributed by atoms with Gasteiger partial charge in [0.1, 0.15) is 0 Å². The Balaban J connectivity index is 2.98. The smallest absolute Gasteiger partial charge is 0.262 e. The van der Waals surface area contributed by atoms with E-state index in [0.29, 0.717) is 5.56 Å². The molecule has 0 unspecified atom stereocenters. The first kappa shape index (κ1) is 8.28. The van der Waals surface area contributed by atoms with Crippen molar-refractivity contribution < 1.29 is 4.92 Å². The van der Waals surface area contributed by atoms with Crippen LogP contribution in [0.2, 0.25) is 0 Å². The van der Waals surface area contributed by atoms with Gasteiger partial charge >= 0.3 is 6.04 Å². The Morgan fingerprint density at radius 2 is 2.00 bits per heavy atom. The fourth-order valence-corrected chi connectivity index (χ4v) is 0.837. The maximum atomic E-state index is 10.4.